The molecule has 0 N–H and O–H groups in total. The summed E-state index contributed by atoms with van der Waals surface area (Å²) in [7, 11) is 0. The fourth-order valence-electron chi connectivity index (χ4n) is 1.51. The summed E-state index contributed by atoms with van der Waals surface area (Å²) in [5.74, 6) is 0.604. The smallest absolute Gasteiger partial charge is 0.0700 e. The molecule has 1 saturated heterocycles. The maximum Gasteiger partial charge on any atom is 0.0700 e. The van der Waals surface area contributed by atoms with Crippen LogP contribution in [-0.4, -0.2) is 39.6 Å². The zero-order chi connectivity index (χ0) is 11.1. The standard InChI is InChI=1S/C12H24O3/c1-4-12(9-15-10-12)8-14-6-5-13-7-11(2)3/h11H,4-10H2,1-3H3. The fourth-order valence-corrected chi connectivity index (χ4v) is 1.51. The highest BCUT2D eigenvalue weighted by Gasteiger charge is 2.36. The average Bonchev–Trinajstić information content (AvgIpc) is 2.14. The second-order valence-electron chi connectivity index (χ2n) is 4.87. The maximum atomic E-state index is 5.61. The lowest BCUT2D eigenvalue weighted by Crippen LogP contribution is -2.45. The SMILES string of the molecule is CCC1(COCCOCC(C)C)COC1. The monoisotopic (exact) mass is 216 g/mol. The summed E-state index contributed by atoms with van der Waals surface area (Å²) in [4.78, 5) is 0. The molecule has 0 aliphatic carbocycles. The van der Waals surface area contributed by atoms with Crippen molar-refractivity contribution < 1.29 is 14.2 Å². The van der Waals surface area contributed by atoms with Gasteiger partial charge >= 0.3 is 0 Å². The summed E-state index contributed by atoms with van der Waals surface area (Å²) in [5, 5.41) is 0. The van der Waals surface area contributed by atoms with Gasteiger partial charge in [0.25, 0.3) is 0 Å². The number of ether oxygens (including phenoxy) is 3. The van der Waals surface area contributed by atoms with Crippen LogP contribution in [0.15, 0.2) is 0 Å². The van der Waals surface area contributed by atoms with Crippen molar-refractivity contribution in [3.05, 3.63) is 0 Å². The van der Waals surface area contributed by atoms with Gasteiger partial charge in [-0.05, 0) is 12.3 Å². The van der Waals surface area contributed by atoms with E-state index in [1.54, 1.807) is 0 Å². The minimum atomic E-state index is 0.304. The molecule has 1 heterocycles. The molecule has 1 aliphatic heterocycles. The van der Waals surface area contributed by atoms with Crippen molar-refractivity contribution in [2.75, 3.05) is 39.6 Å². The molecule has 90 valence electrons. The topological polar surface area (TPSA) is 27.7 Å². The average molecular weight is 216 g/mol. The molecule has 0 unspecified atom stereocenters. The van der Waals surface area contributed by atoms with E-state index in [-0.39, 0.29) is 0 Å². The first-order valence-corrected chi connectivity index (χ1v) is 5.92. The molecule has 0 aromatic carbocycles. The molecule has 15 heavy (non-hydrogen) atoms. The predicted octanol–water partition coefficient (Wildman–Crippen LogP) is 2.10. The van der Waals surface area contributed by atoms with Crippen molar-refractivity contribution in [2.24, 2.45) is 11.3 Å². The van der Waals surface area contributed by atoms with Crippen molar-refractivity contribution >= 4 is 0 Å². The Morgan fingerprint density at radius 2 is 1.87 bits per heavy atom. The third-order valence-corrected chi connectivity index (χ3v) is 2.80. The third kappa shape index (κ3) is 4.49. The zero-order valence-electron chi connectivity index (χ0n) is 10.3. The van der Waals surface area contributed by atoms with Crippen LogP contribution in [-0.2, 0) is 14.2 Å². The molecule has 1 aliphatic rings. The van der Waals surface area contributed by atoms with E-state index in [1.165, 1.54) is 0 Å². The molecule has 0 amide bonds. The van der Waals surface area contributed by atoms with Gasteiger partial charge in [-0.1, -0.05) is 20.8 Å². The van der Waals surface area contributed by atoms with E-state index in [0.717, 1.165) is 32.8 Å². The Kier molecular flexibility index (Phi) is 5.58. The summed E-state index contributed by atoms with van der Waals surface area (Å²) in [6.07, 6.45) is 1.14. The van der Waals surface area contributed by atoms with Gasteiger partial charge in [0.1, 0.15) is 0 Å². The van der Waals surface area contributed by atoms with Gasteiger partial charge in [-0.3, -0.25) is 0 Å². The second kappa shape index (κ2) is 6.46. The molecule has 0 radical (unpaired) electrons. The first-order chi connectivity index (χ1) is 7.18. The van der Waals surface area contributed by atoms with Gasteiger partial charge in [-0.2, -0.15) is 0 Å². The molecule has 1 fully saturated rings. The minimum Gasteiger partial charge on any atom is -0.380 e. The minimum absolute atomic E-state index is 0.304. The third-order valence-electron chi connectivity index (χ3n) is 2.80. The normalized spacial score (nSPS) is 19.2. The molecule has 0 aromatic rings. The Morgan fingerprint density at radius 3 is 2.33 bits per heavy atom. The first kappa shape index (κ1) is 12.9. The number of hydrogen-bond donors (Lipinski definition) is 0. The second-order valence-corrected chi connectivity index (χ2v) is 4.87. The van der Waals surface area contributed by atoms with Crippen molar-refractivity contribution in [3.63, 3.8) is 0 Å². The zero-order valence-corrected chi connectivity index (χ0v) is 10.3. The predicted molar refractivity (Wildman–Crippen MR) is 60.0 cm³/mol. The molecule has 0 atom stereocenters. The summed E-state index contributed by atoms with van der Waals surface area (Å²) in [5.41, 5.74) is 0.304. The van der Waals surface area contributed by atoms with E-state index in [1.807, 2.05) is 0 Å². The summed E-state index contributed by atoms with van der Waals surface area (Å²) in [6, 6.07) is 0. The Bertz CT molecular complexity index is 159. The first-order valence-electron chi connectivity index (χ1n) is 5.92. The van der Waals surface area contributed by atoms with Crippen molar-refractivity contribution in [1.82, 2.24) is 0 Å². The van der Waals surface area contributed by atoms with E-state index in [9.17, 15) is 0 Å². The Balaban J connectivity index is 1.92. The van der Waals surface area contributed by atoms with Gasteiger partial charge in [-0.15, -0.1) is 0 Å². The summed E-state index contributed by atoms with van der Waals surface area (Å²) >= 11 is 0. The van der Waals surface area contributed by atoms with E-state index >= 15 is 0 Å². The lowest BCUT2D eigenvalue weighted by molar-refractivity contribution is -0.153. The molecule has 1 rings (SSSR count). The van der Waals surface area contributed by atoms with Crippen LogP contribution in [0.2, 0.25) is 0 Å². The van der Waals surface area contributed by atoms with Gasteiger partial charge in [-0.25, -0.2) is 0 Å². The molecular formula is C12H24O3. The van der Waals surface area contributed by atoms with Gasteiger partial charge in [0, 0.05) is 12.0 Å². The van der Waals surface area contributed by atoms with Crippen LogP contribution in [0.1, 0.15) is 27.2 Å². The molecule has 0 bridgehead atoms. The van der Waals surface area contributed by atoms with Crippen LogP contribution in [0.3, 0.4) is 0 Å². The molecule has 0 saturated carbocycles. The molecule has 0 aromatic heterocycles. The van der Waals surface area contributed by atoms with Gasteiger partial charge < -0.3 is 14.2 Å². The highest BCUT2D eigenvalue weighted by molar-refractivity contribution is 4.83. The summed E-state index contributed by atoms with van der Waals surface area (Å²) < 4.78 is 16.3. The van der Waals surface area contributed by atoms with Crippen molar-refractivity contribution in [2.45, 2.75) is 27.2 Å². The van der Waals surface area contributed by atoms with Crippen LogP contribution >= 0.6 is 0 Å². The Morgan fingerprint density at radius 1 is 1.20 bits per heavy atom. The Labute approximate surface area is 93.1 Å². The molecule has 0 spiro atoms. The van der Waals surface area contributed by atoms with E-state index in [2.05, 4.69) is 20.8 Å². The maximum absolute atomic E-state index is 5.61. The van der Waals surface area contributed by atoms with Crippen LogP contribution in [0, 0.1) is 11.3 Å². The van der Waals surface area contributed by atoms with Crippen LogP contribution in [0.25, 0.3) is 0 Å². The Hall–Kier alpha value is -0.120. The lowest BCUT2D eigenvalue weighted by atomic mass is 9.84. The number of rotatable bonds is 8. The van der Waals surface area contributed by atoms with Crippen LogP contribution in [0.4, 0.5) is 0 Å². The van der Waals surface area contributed by atoms with Crippen molar-refractivity contribution in [3.8, 4) is 0 Å². The van der Waals surface area contributed by atoms with E-state index in [0.29, 0.717) is 24.5 Å². The highest BCUT2D eigenvalue weighted by atomic mass is 16.5. The van der Waals surface area contributed by atoms with Gasteiger partial charge in [0.15, 0.2) is 0 Å². The van der Waals surface area contributed by atoms with Gasteiger partial charge in [0.05, 0.1) is 33.0 Å². The summed E-state index contributed by atoms with van der Waals surface area (Å²) in [6.45, 7) is 11.3. The molecule has 3 heteroatoms. The molecule has 3 nitrogen and oxygen atoms in total. The highest BCUT2D eigenvalue weighted by Crippen LogP contribution is 2.31. The van der Waals surface area contributed by atoms with Crippen molar-refractivity contribution in [1.29, 1.82) is 0 Å². The van der Waals surface area contributed by atoms with Crippen LogP contribution < -0.4 is 0 Å². The van der Waals surface area contributed by atoms with E-state index < -0.39 is 0 Å². The number of hydrogen-bond acceptors (Lipinski definition) is 3. The van der Waals surface area contributed by atoms with Crippen LogP contribution in [0.5, 0.6) is 0 Å². The quantitative estimate of drug-likeness (QED) is 0.582. The molecular weight excluding hydrogens is 192 g/mol. The lowest BCUT2D eigenvalue weighted by Gasteiger charge is -2.40. The van der Waals surface area contributed by atoms with Gasteiger partial charge in [0.2, 0.25) is 0 Å². The largest absolute Gasteiger partial charge is 0.380 e. The fraction of sp³-hybridized carbons (Fsp3) is 1.00. The van der Waals surface area contributed by atoms with E-state index in [4.69, 9.17) is 14.2 Å².